The minimum absolute atomic E-state index is 0.0113. The molecule has 0 saturated carbocycles. The van der Waals surface area contributed by atoms with E-state index in [-0.39, 0.29) is 37.6 Å². The Balaban J connectivity index is 1.80. The second kappa shape index (κ2) is 7.72. The number of carbonyl (C=O) groups excluding carboxylic acids is 4. The molecule has 1 atom stereocenters. The average molecular weight is 332 g/mol. The Morgan fingerprint density at radius 1 is 1.21 bits per heavy atom. The highest BCUT2D eigenvalue weighted by Gasteiger charge is 2.29. The molecule has 0 spiro atoms. The number of para-hydroxylation sites is 1. The molecule has 0 bridgehead atoms. The maximum Gasteiger partial charge on any atom is 0.308 e. The number of hydrogen-bond donors (Lipinski definition) is 1. The monoisotopic (exact) mass is 332 g/mol. The molecule has 0 aromatic heterocycles. The highest BCUT2D eigenvalue weighted by molar-refractivity contribution is 6.02. The number of nitrogens with one attached hydrogen (secondary N) is 1. The van der Waals surface area contributed by atoms with Gasteiger partial charge in [0.1, 0.15) is 0 Å². The smallest absolute Gasteiger partial charge is 0.308 e. The van der Waals surface area contributed by atoms with Gasteiger partial charge in [-0.05, 0) is 25.5 Å². The number of esters is 1. The third kappa shape index (κ3) is 4.41. The van der Waals surface area contributed by atoms with Crippen LogP contribution < -0.4 is 5.32 Å². The summed E-state index contributed by atoms with van der Waals surface area (Å²) in [4.78, 5) is 47.8. The van der Waals surface area contributed by atoms with Crippen molar-refractivity contribution in [3.05, 3.63) is 29.8 Å². The van der Waals surface area contributed by atoms with Gasteiger partial charge in [0.05, 0.1) is 6.42 Å². The van der Waals surface area contributed by atoms with Crippen LogP contribution in [-0.4, -0.2) is 41.2 Å². The molecule has 7 nitrogen and oxygen atoms in total. The van der Waals surface area contributed by atoms with Gasteiger partial charge in [-0.1, -0.05) is 18.2 Å². The standard InChI is InChI=1S/C17H20N2O5/c1-11-5-3-4-6-13(11)18-17(23)12(2)24-16(22)9-10-19-14(20)7-8-15(19)21/h3-6,12H,7-10H2,1-2H3,(H,18,23). The molecular weight excluding hydrogens is 312 g/mol. The summed E-state index contributed by atoms with van der Waals surface area (Å²) in [6.45, 7) is 3.32. The molecule has 0 radical (unpaired) electrons. The van der Waals surface area contributed by atoms with Gasteiger partial charge in [-0.15, -0.1) is 0 Å². The minimum Gasteiger partial charge on any atom is -0.452 e. The van der Waals surface area contributed by atoms with Crippen LogP contribution in [0.3, 0.4) is 0 Å². The topological polar surface area (TPSA) is 92.8 Å². The molecule has 1 saturated heterocycles. The lowest BCUT2D eigenvalue weighted by atomic mass is 10.2. The maximum atomic E-state index is 12.1. The summed E-state index contributed by atoms with van der Waals surface area (Å²) < 4.78 is 5.05. The van der Waals surface area contributed by atoms with E-state index in [9.17, 15) is 19.2 Å². The van der Waals surface area contributed by atoms with E-state index in [0.29, 0.717) is 5.69 Å². The quantitative estimate of drug-likeness (QED) is 0.628. The second-order valence-corrected chi connectivity index (χ2v) is 5.63. The fourth-order valence-corrected chi connectivity index (χ4v) is 2.33. The molecule has 1 aromatic rings. The molecule has 1 aromatic carbocycles. The molecule has 1 aliphatic rings. The highest BCUT2D eigenvalue weighted by atomic mass is 16.5. The van der Waals surface area contributed by atoms with Crippen LogP contribution >= 0.6 is 0 Å². The first-order valence-electron chi connectivity index (χ1n) is 7.77. The Hall–Kier alpha value is -2.70. The Kier molecular flexibility index (Phi) is 5.68. The Morgan fingerprint density at radius 2 is 1.83 bits per heavy atom. The van der Waals surface area contributed by atoms with Crippen LogP contribution in [0, 0.1) is 6.92 Å². The number of likely N-dealkylation sites (tertiary alicyclic amines) is 1. The Morgan fingerprint density at radius 3 is 2.46 bits per heavy atom. The van der Waals surface area contributed by atoms with Crippen molar-refractivity contribution < 1.29 is 23.9 Å². The van der Waals surface area contributed by atoms with Crippen LogP contribution in [0.4, 0.5) is 5.69 Å². The third-order valence-corrected chi connectivity index (χ3v) is 3.77. The third-order valence-electron chi connectivity index (χ3n) is 3.77. The number of ether oxygens (including phenoxy) is 1. The van der Waals surface area contributed by atoms with Crippen molar-refractivity contribution in [1.82, 2.24) is 4.90 Å². The average Bonchev–Trinajstić information content (AvgIpc) is 2.86. The van der Waals surface area contributed by atoms with E-state index >= 15 is 0 Å². The van der Waals surface area contributed by atoms with Crippen LogP contribution in [-0.2, 0) is 23.9 Å². The van der Waals surface area contributed by atoms with Crippen LogP contribution in [0.25, 0.3) is 0 Å². The van der Waals surface area contributed by atoms with E-state index in [2.05, 4.69) is 5.32 Å². The molecule has 1 aliphatic heterocycles. The van der Waals surface area contributed by atoms with E-state index in [1.807, 2.05) is 19.1 Å². The van der Waals surface area contributed by atoms with Gasteiger partial charge in [0.15, 0.2) is 6.10 Å². The molecule has 1 heterocycles. The van der Waals surface area contributed by atoms with Gasteiger partial charge in [-0.2, -0.15) is 0 Å². The fraction of sp³-hybridized carbons (Fsp3) is 0.412. The molecule has 1 fully saturated rings. The molecule has 1 N–H and O–H groups in total. The molecule has 7 heteroatoms. The largest absolute Gasteiger partial charge is 0.452 e. The number of hydrogen-bond acceptors (Lipinski definition) is 5. The van der Waals surface area contributed by atoms with Gasteiger partial charge < -0.3 is 10.1 Å². The molecule has 2 rings (SSSR count). The number of benzene rings is 1. The first-order valence-corrected chi connectivity index (χ1v) is 7.77. The lowest BCUT2D eigenvalue weighted by Gasteiger charge is -2.16. The molecule has 3 amide bonds. The van der Waals surface area contributed by atoms with Gasteiger partial charge in [-0.25, -0.2) is 0 Å². The number of nitrogens with zero attached hydrogens (tertiary/aromatic N) is 1. The zero-order chi connectivity index (χ0) is 17.7. The SMILES string of the molecule is Cc1ccccc1NC(=O)C(C)OC(=O)CCN1C(=O)CCC1=O. The van der Waals surface area contributed by atoms with Crippen LogP contribution in [0.15, 0.2) is 24.3 Å². The molecule has 1 unspecified atom stereocenters. The van der Waals surface area contributed by atoms with Crippen LogP contribution in [0.1, 0.15) is 31.7 Å². The molecule has 128 valence electrons. The lowest BCUT2D eigenvalue weighted by Crippen LogP contribution is -2.34. The first-order chi connectivity index (χ1) is 11.4. The number of amides is 3. The highest BCUT2D eigenvalue weighted by Crippen LogP contribution is 2.14. The lowest BCUT2D eigenvalue weighted by molar-refractivity contribution is -0.154. The van der Waals surface area contributed by atoms with Crippen LogP contribution in [0.5, 0.6) is 0 Å². The van der Waals surface area contributed by atoms with E-state index in [1.165, 1.54) is 6.92 Å². The summed E-state index contributed by atoms with van der Waals surface area (Å²) >= 11 is 0. The number of aryl methyl sites for hydroxylation is 1. The first kappa shape index (κ1) is 17.7. The molecular formula is C17H20N2O5. The summed E-state index contributed by atoms with van der Waals surface area (Å²) in [5.74, 6) is -1.63. The van der Waals surface area contributed by atoms with Gasteiger partial charge in [0.25, 0.3) is 5.91 Å². The summed E-state index contributed by atoms with van der Waals surface area (Å²) in [6, 6.07) is 7.27. The number of imide groups is 1. The zero-order valence-corrected chi connectivity index (χ0v) is 13.7. The number of rotatable bonds is 6. The van der Waals surface area contributed by atoms with Gasteiger partial charge >= 0.3 is 5.97 Å². The van der Waals surface area contributed by atoms with Gasteiger partial charge in [0.2, 0.25) is 11.8 Å². The summed E-state index contributed by atoms with van der Waals surface area (Å²) in [5.41, 5.74) is 1.55. The maximum absolute atomic E-state index is 12.1. The summed E-state index contributed by atoms with van der Waals surface area (Å²) in [5, 5.41) is 2.69. The van der Waals surface area contributed by atoms with Crippen molar-refractivity contribution in [2.45, 2.75) is 39.2 Å². The van der Waals surface area contributed by atoms with Gasteiger partial charge in [-0.3, -0.25) is 24.1 Å². The van der Waals surface area contributed by atoms with Crippen molar-refractivity contribution >= 4 is 29.4 Å². The normalized spacial score (nSPS) is 15.3. The second-order valence-electron chi connectivity index (χ2n) is 5.63. The van der Waals surface area contributed by atoms with Gasteiger partial charge in [0, 0.05) is 25.1 Å². The minimum atomic E-state index is -0.970. The summed E-state index contributed by atoms with van der Waals surface area (Å²) in [7, 11) is 0. The van der Waals surface area contributed by atoms with E-state index in [0.717, 1.165) is 10.5 Å². The Bertz CT molecular complexity index is 655. The van der Waals surface area contributed by atoms with Crippen molar-refractivity contribution in [2.75, 3.05) is 11.9 Å². The van der Waals surface area contributed by atoms with Crippen LogP contribution in [0.2, 0.25) is 0 Å². The van der Waals surface area contributed by atoms with Crippen molar-refractivity contribution in [3.8, 4) is 0 Å². The van der Waals surface area contributed by atoms with Crippen molar-refractivity contribution in [1.29, 1.82) is 0 Å². The summed E-state index contributed by atoms with van der Waals surface area (Å²) in [6.07, 6.45) is -0.729. The fourth-order valence-electron chi connectivity index (χ4n) is 2.33. The predicted octanol–water partition coefficient (Wildman–Crippen LogP) is 1.40. The predicted molar refractivity (Wildman–Crippen MR) is 85.9 cm³/mol. The molecule has 24 heavy (non-hydrogen) atoms. The Labute approximate surface area is 140 Å². The molecule has 0 aliphatic carbocycles. The number of anilines is 1. The zero-order valence-electron chi connectivity index (χ0n) is 13.7. The van der Waals surface area contributed by atoms with E-state index in [4.69, 9.17) is 4.74 Å². The van der Waals surface area contributed by atoms with E-state index < -0.39 is 18.0 Å². The number of carbonyl (C=O) groups is 4. The van der Waals surface area contributed by atoms with Crippen molar-refractivity contribution in [2.24, 2.45) is 0 Å². The van der Waals surface area contributed by atoms with Crippen molar-refractivity contribution in [3.63, 3.8) is 0 Å². The van der Waals surface area contributed by atoms with E-state index in [1.54, 1.807) is 12.1 Å².